The van der Waals surface area contributed by atoms with Crippen LogP contribution < -0.4 is 15.5 Å². The van der Waals surface area contributed by atoms with Gasteiger partial charge in [0.25, 0.3) is 5.91 Å². The molecule has 2 heterocycles. The first-order valence-electron chi connectivity index (χ1n) is 6.76. The Balaban J connectivity index is 2.29. The molecule has 2 rings (SSSR count). The molecule has 0 spiro atoms. The fraction of sp³-hybridized carbons (Fsp3) is 0.500. The van der Waals surface area contributed by atoms with Gasteiger partial charge in [0.1, 0.15) is 5.54 Å². The lowest BCUT2D eigenvalue weighted by molar-refractivity contribution is -0.135. The SMILES string of the molecule is CCCNc1cncc(N2CC(=O)NC(=O)C2(C)C)c1. The molecule has 0 atom stereocenters. The second kappa shape index (κ2) is 5.48. The number of imide groups is 1. The predicted molar refractivity (Wildman–Crippen MR) is 77.6 cm³/mol. The zero-order valence-electron chi connectivity index (χ0n) is 12.1. The number of nitrogens with zero attached hydrogens (tertiary/aromatic N) is 2. The first-order chi connectivity index (χ1) is 9.45. The number of aromatic nitrogens is 1. The molecule has 1 aliphatic heterocycles. The van der Waals surface area contributed by atoms with Crippen LogP contribution in [0.3, 0.4) is 0 Å². The second-order valence-corrected chi connectivity index (χ2v) is 5.38. The summed E-state index contributed by atoms with van der Waals surface area (Å²) in [6, 6.07) is 1.91. The zero-order chi connectivity index (χ0) is 14.8. The molecule has 20 heavy (non-hydrogen) atoms. The van der Waals surface area contributed by atoms with Crippen molar-refractivity contribution in [3.8, 4) is 0 Å². The van der Waals surface area contributed by atoms with Gasteiger partial charge in [0.05, 0.1) is 30.3 Å². The summed E-state index contributed by atoms with van der Waals surface area (Å²) >= 11 is 0. The highest BCUT2D eigenvalue weighted by Crippen LogP contribution is 2.27. The van der Waals surface area contributed by atoms with E-state index in [0.717, 1.165) is 24.3 Å². The average Bonchev–Trinajstić information content (AvgIpc) is 2.41. The Morgan fingerprint density at radius 1 is 1.40 bits per heavy atom. The van der Waals surface area contributed by atoms with Crippen molar-refractivity contribution in [2.45, 2.75) is 32.7 Å². The minimum Gasteiger partial charge on any atom is -0.384 e. The Morgan fingerprint density at radius 2 is 2.15 bits per heavy atom. The Labute approximate surface area is 118 Å². The average molecular weight is 276 g/mol. The third kappa shape index (κ3) is 2.74. The normalized spacial score (nSPS) is 17.9. The highest BCUT2D eigenvalue weighted by molar-refractivity contribution is 6.06. The summed E-state index contributed by atoms with van der Waals surface area (Å²) < 4.78 is 0. The molecule has 6 nitrogen and oxygen atoms in total. The molecule has 2 N–H and O–H groups in total. The molecule has 1 fully saturated rings. The van der Waals surface area contributed by atoms with Gasteiger partial charge in [-0.1, -0.05) is 6.92 Å². The maximum Gasteiger partial charge on any atom is 0.251 e. The van der Waals surface area contributed by atoms with E-state index in [9.17, 15) is 9.59 Å². The minimum absolute atomic E-state index is 0.150. The number of hydrogen-bond acceptors (Lipinski definition) is 5. The Morgan fingerprint density at radius 3 is 2.85 bits per heavy atom. The van der Waals surface area contributed by atoms with E-state index in [0.29, 0.717) is 0 Å². The first-order valence-corrected chi connectivity index (χ1v) is 6.76. The number of carbonyl (C=O) groups is 2. The van der Waals surface area contributed by atoms with E-state index in [-0.39, 0.29) is 18.4 Å². The van der Waals surface area contributed by atoms with Crippen LogP contribution in [0.2, 0.25) is 0 Å². The molecule has 1 saturated heterocycles. The number of nitrogens with one attached hydrogen (secondary N) is 2. The van der Waals surface area contributed by atoms with E-state index in [1.54, 1.807) is 31.1 Å². The van der Waals surface area contributed by atoms with Crippen LogP contribution in [0.1, 0.15) is 27.2 Å². The van der Waals surface area contributed by atoms with Crippen LogP contribution in [-0.4, -0.2) is 35.4 Å². The molecule has 1 aliphatic rings. The molecule has 1 aromatic heterocycles. The topological polar surface area (TPSA) is 74.3 Å². The van der Waals surface area contributed by atoms with E-state index in [1.165, 1.54) is 0 Å². The number of rotatable bonds is 4. The number of carbonyl (C=O) groups excluding carboxylic acids is 2. The van der Waals surface area contributed by atoms with E-state index >= 15 is 0 Å². The third-order valence-corrected chi connectivity index (χ3v) is 3.40. The first kappa shape index (κ1) is 14.3. The molecular weight excluding hydrogens is 256 g/mol. The van der Waals surface area contributed by atoms with E-state index in [4.69, 9.17) is 0 Å². The van der Waals surface area contributed by atoms with Gasteiger partial charge < -0.3 is 10.2 Å². The van der Waals surface area contributed by atoms with Crippen molar-refractivity contribution in [2.75, 3.05) is 23.3 Å². The van der Waals surface area contributed by atoms with Crippen LogP contribution in [0.5, 0.6) is 0 Å². The largest absolute Gasteiger partial charge is 0.384 e. The monoisotopic (exact) mass is 276 g/mol. The maximum absolute atomic E-state index is 12.0. The quantitative estimate of drug-likeness (QED) is 0.807. The maximum atomic E-state index is 12.0. The number of hydrogen-bond donors (Lipinski definition) is 2. The molecule has 0 aromatic carbocycles. The van der Waals surface area contributed by atoms with E-state index < -0.39 is 5.54 Å². The van der Waals surface area contributed by atoms with Crippen molar-refractivity contribution >= 4 is 23.2 Å². The fourth-order valence-corrected chi connectivity index (χ4v) is 2.14. The highest BCUT2D eigenvalue weighted by atomic mass is 16.2. The van der Waals surface area contributed by atoms with Gasteiger partial charge in [-0.25, -0.2) is 0 Å². The van der Waals surface area contributed by atoms with Gasteiger partial charge in [-0.2, -0.15) is 0 Å². The van der Waals surface area contributed by atoms with E-state index in [1.807, 2.05) is 6.07 Å². The fourth-order valence-electron chi connectivity index (χ4n) is 2.14. The molecule has 6 heteroatoms. The molecule has 0 saturated carbocycles. The van der Waals surface area contributed by atoms with Gasteiger partial charge in [-0.3, -0.25) is 19.9 Å². The summed E-state index contributed by atoms with van der Waals surface area (Å²) in [5.74, 6) is -0.582. The van der Waals surface area contributed by atoms with Crippen LogP contribution >= 0.6 is 0 Å². The number of pyridine rings is 1. The van der Waals surface area contributed by atoms with Gasteiger partial charge in [0.2, 0.25) is 5.91 Å². The van der Waals surface area contributed by atoms with Crippen LogP contribution in [0.4, 0.5) is 11.4 Å². The van der Waals surface area contributed by atoms with Crippen molar-refractivity contribution in [2.24, 2.45) is 0 Å². The Kier molecular flexibility index (Phi) is 3.92. The van der Waals surface area contributed by atoms with Gasteiger partial charge in [0.15, 0.2) is 0 Å². The number of piperazine rings is 1. The molecule has 1 aromatic rings. The molecular formula is C14H20N4O2. The van der Waals surface area contributed by atoms with Gasteiger partial charge in [0, 0.05) is 6.54 Å². The Bertz CT molecular complexity index is 528. The summed E-state index contributed by atoms with van der Waals surface area (Å²) in [5, 5.41) is 5.61. The van der Waals surface area contributed by atoms with Crippen LogP contribution in [0.25, 0.3) is 0 Å². The van der Waals surface area contributed by atoms with Crippen LogP contribution in [-0.2, 0) is 9.59 Å². The molecule has 0 unspecified atom stereocenters. The molecule has 108 valence electrons. The minimum atomic E-state index is -0.779. The summed E-state index contributed by atoms with van der Waals surface area (Å²) in [5.41, 5.74) is 0.872. The smallest absolute Gasteiger partial charge is 0.251 e. The molecule has 0 bridgehead atoms. The highest BCUT2D eigenvalue weighted by Gasteiger charge is 2.41. The number of amides is 2. The van der Waals surface area contributed by atoms with Crippen molar-refractivity contribution in [1.82, 2.24) is 10.3 Å². The van der Waals surface area contributed by atoms with Crippen molar-refractivity contribution in [3.63, 3.8) is 0 Å². The second-order valence-electron chi connectivity index (χ2n) is 5.38. The summed E-state index contributed by atoms with van der Waals surface area (Å²) in [6.45, 7) is 6.68. The van der Waals surface area contributed by atoms with Gasteiger partial charge in [-0.05, 0) is 26.3 Å². The lowest BCUT2D eigenvalue weighted by Crippen LogP contribution is -2.64. The van der Waals surface area contributed by atoms with Gasteiger partial charge in [-0.15, -0.1) is 0 Å². The van der Waals surface area contributed by atoms with Crippen molar-refractivity contribution in [3.05, 3.63) is 18.5 Å². The summed E-state index contributed by atoms with van der Waals surface area (Å²) in [6.07, 6.45) is 4.42. The number of anilines is 2. The van der Waals surface area contributed by atoms with E-state index in [2.05, 4.69) is 22.5 Å². The lowest BCUT2D eigenvalue weighted by atomic mass is 9.98. The molecule has 0 radical (unpaired) electrons. The molecule has 2 amide bonds. The summed E-state index contributed by atoms with van der Waals surface area (Å²) in [4.78, 5) is 29.5. The van der Waals surface area contributed by atoms with Crippen molar-refractivity contribution in [1.29, 1.82) is 0 Å². The van der Waals surface area contributed by atoms with Crippen LogP contribution in [0, 0.1) is 0 Å². The molecule has 0 aliphatic carbocycles. The standard InChI is InChI=1S/C14H20N4O2/c1-4-5-16-10-6-11(8-15-7-10)18-9-12(19)17-13(20)14(18,2)3/h6-8,16H,4-5,9H2,1-3H3,(H,17,19,20). The predicted octanol–water partition coefficient (Wildman–Crippen LogP) is 1.14. The zero-order valence-corrected chi connectivity index (χ0v) is 12.1. The third-order valence-electron chi connectivity index (χ3n) is 3.40. The lowest BCUT2D eigenvalue weighted by Gasteiger charge is -2.41. The van der Waals surface area contributed by atoms with Crippen molar-refractivity contribution < 1.29 is 9.59 Å². The van der Waals surface area contributed by atoms with Gasteiger partial charge >= 0.3 is 0 Å². The van der Waals surface area contributed by atoms with Crippen LogP contribution in [0.15, 0.2) is 18.5 Å². The summed E-state index contributed by atoms with van der Waals surface area (Å²) in [7, 11) is 0. The Hall–Kier alpha value is -2.11.